The van der Waals surface area contributed by atoms with Crippen molar-refractivity contribution in [1.82, 2.24) is 0 Å². The zero-order valence-corrected chi connectivity index (χ0v) is 7.42. The molecular weight excluding hydrogens is 160 g/mol. The van der Waals surface area contributed by atoms with Crippen LogP contribution >= 0.6 is 0 Å². The molecule has 0 aromatic heterocycles. The van der Waals surface area contributed by atoms with Crippen LogP contribution in [0.5, 0.6) is 0 Å². The van der Waals surface area contributed by atoms with E-state index in [0.29, 0.717) is 0 Å². The van der Waals surface area contributed by atoms with Crippen molar-refractivity contribution in [3.63, 3.8) is 0 Å². The van der Waals surface area contributed by atoms with Crippen LogP contribution in [0.1, 0.15) is 13.8 Å². The molecule has 0 aliphatic rings. The first-order chi connectivity index (χ1) is 5.63. The maximum atomic E-state index is 11.0. The Balaban J connectivity index is 4.41. The van der Waals surface area contributed by atoms with Crippen molar-refractivity contribution >= 4 is 11.8 Å². The maximum Gasteiger partial charge on any atom is 0.344 e. The molecule has 68 valence electrons. The van der Waals surface area contributed by atoms with Crippen molar-refractivity contribution in [2.24, 2.45) is 0 Å². The molecule has 12 heavy (non-hydrogen) atoms. The predicted octanol–water partition coefficient (Wildman–Crippen LogP) is 0.669. The van der Waals surface area contributed by atoms with Gasteiger partial charge in [0.1, 0.15) is 11.8 Å². The van der Waals surface area contributed by atoms with Gasteiger partial charge >= 0.3 is 5.97 Å². The number of ether oxygens (including phenoxy) is 2. The minimum Gasteiger partial charge on any atom is -0.503 e. The minimum atomic E-state index is -0.646. The summed E-state index contributed by atoms with van der Waals surface area (Å²) in [7, 11) is 1.36. The fourth-order valence-corrected chi connectivity index (χ4v) is 0.602. The summed E-state index contributed by atoms with van der Waals surface area (Å²) < 4.78 is 9.16. The number of ketones is 1. The number of carbonyl (C=O) groups excluding carboxylic acids is 2. The number of Topliss-reactive ketones (excluding diaryl/α,β-unsaturated/α-hetero) is 1. The van der Waals surface area contributed by atoms with Crippen molar-refractivity contribution in [2.75, 3.05) is 13.7 Å². The van der Waals surface area contributed by atoms with E-state index >= 15 is 0 Å². The van der Waals surface area contributed by atoms with Crippen molar-refractivity contribution < 1.29 is 19.1 Å². The Bertz CT molecular complexity index is 205. The van der Waals surface area contributed by atoms with Gasteiger partial charge in [0, 0.05) is 0 Å². The van der Waals surface area contributed by atoms with E-state index in [-0.39, 0.29) is 18.0 Å². The molecule has 4 nitrogen and oxygen atoms in total. The fourth-order valence-electron chi connectivity index (χ4n) is 0.602. The summed E-state index contributed by atoms with van der Waals surface area (Å²) in [6.07, 6.45) is 1.08. The van der Waals surface area contributed by atoms with Crippen LogP contribution in [-0.2, 0) is 19.1 Å². The van der Waals surface area contributed by atoms with Crippen LogP contribution in [0.4, 0.5) is 0 Å². The molecule has 0 spiro atoms. The number of methoxy groups -OCH3 is 1. The van der Waals surface area contributed by atoms with Crippen LogP contribution in [0, 0.1) is 0 Å². The highest BCUT2D eigenvalue weighted by Crippen LogP contribution is 1.99. The third-order valence-electron chi connectivity index (χ3n) is 1.11. The van der Waals surface area contributed by atoms with Crippen LogP contribution in [0.15, 0.2) is 11.8 Å². The van der Waals surface area contributed by atoms with E-state index in [9.17, 15) is 9.59 Å². The molecule has 0 N–H and O–H groups in total. The van der Waals surface area contributed by atoms with Gasteiger partial charge in [-0.25, -0.2) is 4.79 Å². The number of hydrogen-bond acceptors (Lipinski definition) is 4. The van der Waals surface area contributed by atoms with Gasteiger partial charge in [-0.15, -0.1) is 0 Å². The normalized spacial score (nSPS) is 10.8. The third kappa shape index (κ3) is 3.18. The lowest BCUT2D eigenvalue weighted by Gasteiger charge is -2.01. The molecule has 0 aromatic rings. The second kappa shape index (κ2) is 5.35. The SMILES string of the molecule is CCOC(=O)C(=COC)C(C)=O. The van der Waals surface area contributed by atoms with Crippen LogP contribution < -0.4 is 0 Å². The highest BCUT2D eigenvalue weighted by Gasteiger charge is 2.15. The second-order valence-corrected chi connectivity index (χ2v) is 2.04. The van der Waals surface area contributed by atoms with E-state index in [2.05, 4.69) is 9.47 Å². The van der Waals surface area contributed by atoms with Gasteiger partial charge in [0.25, 0.3) is 0 Å². The van der Waals surface area contributed by atoms with E-state index in [4.69, 9.17) is 0 Å². The Morgan fingerprint density at radius 3 is 2.33 bits per heavy atom. The zero-order valence-electron chi connectivity index (χ0n) is 7.42. The summed E-state index contributed by atoms with van der Waals surface area (Å²) in [5.41, 5.74) is -0.0700. The van der Waals surface area contributed by atoms with Gasteiger partial charge in [0.15, 0.2) is 5.78 Å². The summed E-state index contributed by atoms with van der Waals surface area (Å²) in [5.74, 6) is -1.01. The van der Waals surface area contributed by atoms with Gasteiger partial charge in [-0.2, -0.15) is 0 Å². The molecule has 0 rings (SSSR count). The molecule has 0 bridgehead atoms. The lowest BCUT2D eigenvalue weighted by atomic mass is 10.2. The number of carbonyl (C=O) groups is 2. The molecule has 0 heterocycles. The van der Waals surface area contributed by atoms with Crippen molar-refractivity contribution in [3.05, 3.63) is 11.8 Å². The Morgan fingerprint density at radius 2 is 2.00 bits per heavy atom. The van der Waals surface area contributed by atoms with E-state index in [0.717, 1.165) is 6.26 Å². The lowest BCUT2D eigenvalue weighted by molar-refractivity contribution is -0.140. The molecule has 0 fully saturated rings. The monoisotopic (exact) mass is 172 g/mol. The lowest BCUT2D eigenvalue weighted by Crippen LogP contribution is -2.13. The zero-order chi connectivity index (χ0) is 9.56. The number of hydrogen-bond donors (Lipinski definition) is 0. The summed E-state index contributed by atoms with van der Waals surface area (Å²) >= 11 is 0. The molecule has 0 aromatic carbocycles. The molecule has 0 amide bonds. The van der Waals surface area contributed by atoms with E-state index in [1.807, 2.05) is 0 Å². The molecule has 0 unspecified atom stereocenters. The first kappa shape index (κ1) is 10.7. The predicted molar refractivity (Wildman–Crippen MR) is 42.4 cm³/mol. The van der Waals surface area contributed by atoms with Crippen LogP contribution in [0.3, 0.4) is 0 Å². The van der Waals surface area contributed by atoms with Crippen LogP contribution in [0.25, 0.3) is 0 Å². The molecule has 0 radical (unpaired) electrons. The molecule has 0 aliphatic heterocycles. The minimum absolute atomic E-state index is 0.0700. The molecule has 0 saturated carbocycles. The van der Waals surface area contributed by atoms with Crippen molar-refractivity contribution in [3.8, 4) is 0 Å². The standard InChI is InChI=1S/C8H12O4/c1-4-12-8(10)7(5-11-3)6(2)9/h5H,4H2,1-3H3. The summed E-state index contributed by atoms with van der Waals surface area (Å²) in [6.45, 7) is 3.19. The number of rotatable bonds is 4. The van der Waals surface area contributed by atoms with Crippen LogP contribution in [-0.4, -0.2) is 25.5 Å². The largest absolute Gasteiger partial charge is 0.503 e. The fraction of sp³-hybridized carbons (Fsp3) is 0.500. The van der Waals surface area contributed by atoms with E-state index < -0.39 is 5.97 Å². The average molecular weight is 172 g/mol. The smallest absolute Gasteiger partial charge is 0.344 e. The Morgan fingerprint density at radius 1 is 1.42 bits per heavy atom. The quantitative estimate of drug-likeness (QED) is 0.205. The molecular formula is C8H12O4. The Hall–Kier alpha value is -1.32. The molecule has 0 atom stereocenters. The summed E-state index contributed by atoms with van der Waals surface area (Å²) in [4.78, 5) is 21.8. The van der Waals surface area contributed by atoms with Crippen molar-refractivity contribution in [1.29, 1.82) is 0 Å². The Labute approximate surface area is 71.2 Å². The topological polar surface area (TPSA) is 52.6 Å². The van der Waals surface area contributed by atoms with Gasteiger partial charge in [0.05, 0.1) is 13.7 Å². The van der Waals surface area contributed by atoms with E-state index in [1.54, 1.807) is 6.92 Å². The van der Waals surface area contributed by atoms with E-state index in [1.165, 1.54) is 14.0 Å². The molecule has 0 aliphatic carbocycles. The number of esters is 1. The second-order valence-electron chi connectivity index (χ2n) is 2.04. The van der Waals surface area contributed by atoms with Gasteiger partial charge in [0.2, 0.25) is 0 Å². The van der Waals surface area contributed by atoms with Crippen molar-refractivity contribution in [2.45, 2.75) is 13.8 Å². The first-order valence-corrected chi connectivity index (χ1v) is 3.54. The van der Waals surface area contributed by atoms with Gasteiger partial charge in [-0.1, -0.05) is 0 Å². The summed E-state index contributed by atoms with van der Waals surface area (Å²) in [6, 6.07) is 0. The van der Waals surface area contributed by atoms with Crippen LogP contribution in [0.2, 0.25) is 0 Å². The van der Waals surface area contributed by atoms with Gasteiger partial charge in [-0.05, 0) is 13.8 Å². The average Bonchev–Trinajstić information content (AvgIpc) is 1.99. The molecule has 0 saturated heterocycles. The highest BCUT2D eigenvalue weighted by molar-refractivity contribution is 6.16. The van der Waals surface area contributed by atoms with Gasteiger partial charge in [-0.3, -0.25) is 4.79 Å². The third-order valence-corrected chi connectivity index (χ3v) is 1.11. The maximum absolute atomic E-state index is 11.0. The molecule has 4 heteroatoms. The summed E-state index contributed by atoms with van der Waals surface area (Å²) in [5, 5.41) is 0. The first-order valence-electron chi connectivity index (χ1n) is 3.54. The van der Waals surface area contributed by atoms with Gasteiger partial charge < -0.3 is 9.47 Å². The Kier molecular flexibility index (Phi) is 4.76. The highest BCUT2D eigenvalue weighted by atomic mass is 16.5.